The summed E-state index contributed by atoms with van der Waals surface area (Å²) in [6.07, 6.45) is 4.93. The van der Waals surface area contributed by atoms with Crippen molar-refractivity contribution in [2.24, 2.45) is 5.92 Å². The van der Waals surface area contributed by atoms with Crippen LogP contribution in [0.1, 0.15) is 30.0 Å². The molecule has 1 saturated heterocycles. The molecule has 4 rings (SSSR count). The molecule has 142 valence electrons. The first-order valence-electron chi connectivity index (χ1n) is 9.13. The maximum atomic E-state index is 5.42. The summed E-state index contributed by atoms with van der Waals surface area (Å²) in [6.45, 7) is 4.12. The molecule has 3 N–H and O–H groups in total. The van der Waals surface area contributed by atoms with Crippen LogP contribution in [0.3, 0.4) is 0 Å². The van der Waals surface area contributed by atoms with Gasteiger partial charge in [-0.3, -0.25) is 5.10 Å². The van der Waals surface area contributed by atoms with Crippen molar-refractivity contribution in [3.63, 3.8) is 0 Å². The number of anilines is 3. The van der Waals surface area contributed by atoms with Crippen LogP contribution >= 0.6 is 0 Å². The lowest BCUT2D eigenvalue weighted by Gasteiger charge is -2.05. The molecular formula is C18H23N7O2. The second-order valence-corrected chi connectivity index (χ2v) is 6.73. The summed E-state index contributed by atoms with van der Waals surface area (Å²) in [5.74, 6) is 3.31. The average Bonchev–Trinajstić information content (AvgIpc) is 3.41. The maximum Gasteiger partial charge on any atom is 0.224 e. The molecule has 27 heavy (non-hydrogen) atoms. The Bertz CT molecular complexity index is 870. The maximum absolute atomic E-state index is 5.42. The van der Waals surface area contributed by atoms with Crippen molar-refractivity contribution in [2.45, 2.75) is 32.7 Å². The monoisotopic (exact) mass is 369 g/mol. The predicted octanol–water partition coefficient (Wildman–Crippen LogP) is 2.82. The molecule has 0 aliphatic carbocycles. The van der Waals surface area contributed by atoms with E-state index < -0.39 is 0 Å². The highest BCUT2D eigenvalue weighted by atomic mass is 16.5. The minimum atomic E-state index is 0.474. The van der Waals surface area contributed by atoms with Gasteiger partial charge in [-0.1, -0.05) is 5.16 Å². The molecule has 9 nitrogen and oxygen atoms in total. The molecule has 3 aromatic rings. The van der Waals surface area contributed by atoms with Gasteiger partial charge in [-0.25, -0.2) is 4.98 Å². The van der Waals surface area contributed by atoms with Crippen LogP contribution in [0.2, 0.25) is 0 Å². The van der Waals surface area contributed by atoms with Gasteiger partial charge in [-0.15, -0.1) is 0 Å². The first-order chi connectivity index (χ1) is 13.2. The number of aromatic amines is 1. The molecule has 1 atom stereocenters. The number of H-pyrrole nitrogens is 1. The molecule has 1 aliphatic heterocycles. The van der Waals surface area contributed by atoms with Gasteiger partial charge < -0.3 is 19.9 Å². The number of rotatable bonds is 8. The van der Waals surface area contributed by atoms with Gasteiger partial charge >= 0.3 is 0 Å². The Morgan fingerprint density at radius 1 is 1.30 bits per heavy atom. The summed E-state index contributed by atoms with van der Waals surface area (Å²) in [4.78, 5) is 8.66. The van der Waals surface area contributed by atoms with Gasteiger partial charge in [0.25, 0.3) is 0 Å². The molecule has 0 bridgehead atoms. The van der Waals surface area contributed by atoms with Gasteiger partial charge in [0.2, 0.25) is 5.95 Å². The van der Waals surface area contributed by atoms with Gasteiger partial charge in [-0.2, -0.15) is 10.1 Å². The van der Waals surface area contributed by atoms with Crippen LogP contribution in [0.25, 0.3) is 0 Å². The van der Waals surface area contributed by atoms with E-state index in [2.05, 4.69) is 36.0 Å². The normalized spacial score (nSPS) is 16.6. The third kappa shape index (κ3) is 4.82. The third-order valence-electron chi connectivity index (χ3n) is 4.49. The highest BCUT2D eigenvalue weighted by molar-refractivity contribution is 5.52. The van der Waals surface area contributed by atoms with E-state index >= 15 is 0 Å². The Kier molecular flexibility index (Phi) is 5.29. The highest BCUT2D eigenvalue weighted by Gasteiger charge is 2.15. The SMILES string of the molecule is Cc1cc(CNc2nccc(Nc3cc(CCC4CCOC4)[nH]n3)n2)on1. The lowest BCUT2D eigenvalue weighted by Crippen LogP contribution is -2.04. The van der Waals surface area contributed by atoms with Gasteiger partial charge in [0.1, 0.15) is 5.82 Å². The molecule has 0 aromatic carbocycles. The van der Waals surface area contributed by atoms with Crippen LogP contribution in [0.4, 0.5) is 17.6 Å². The molecule has 0 spiro atoms. The zero-order valence-electron chi connectivity index (χ0n) is 15.2. The molecule has 1 unspecified atom stereocenters. The van der Waals surface area contributed by atoms with E-state index in [1.165, 1.54) is 0 Å². The predicted molar refractivity (Wildman–Crippen MR) is 99.7 cm³/mol. The zero-order chi connectivity index (χ0) is 18.5. The van der Waals surface area contributed by atoms with E-state index in [0.717, 1.165) is 55.4 Å². The molecule has 1 fully saturated rings. The lowest BCUT2D eigenvalue weighted by molar-refractivity contribution is 0.184. The van der Waals surface area contributed by atoms with E-state index in [-0.39, 0.29) is 0 Å². The van der Waals surface area contributed by atoms with Crippen LogP contribution < -0.4 is 10.6 Å². The number of ether oxygens (including phenoxy) is 1. The van der Waals surface area contributed by atoms with Gasteiger partial charge in [0, 0.05) is 37.2 Å². The van der Waals surface area contributed by atoms with Crippen LogP contribution in [0.15, 0.2) is 28.9 Å². The smallest absolute Gasteiger partial charge is 0.224 e. The number of hydrogen-bond donors (Lipinski definition) is 3. The minimum absolute atomic E-state index is 0.474. The number of aromatic nitrogens is 5. The zero-order valence-corrected chi connectivity index (χ0v) is 15.2. The van der Waals surface area contributed by atoms with Crippen molar-refractivity contribution in [3.8, 4) is 0 Å². The third-order valence-corrected chi connectivity index (χ3v) is 4.49. The fourth-order valence-electron chi connectivity index (χ4n) is 3.03. The summed E-state index contributed by atoms with van der Waals surface area (Å²) in [6, 6.07) is 5.69. The van der Waals surface area contributed by atoms with E-state index in [0.29, 0.717) is 24.2 Å². The van der Waals surface area contributed by atoms with Crippen molar-refractivity contribution in [3.05, 3.63) is 41.5 Å². The van der Waals surface area contributed by atoms with Crippen LogP contribution in [0, 0.1) is 12.8 Å². The minimum Gasteiger partial charge on any atom is -0.381 e. The van der Waals surface area contributed by atoms with Gasteiger partial charge in [0.05, 0.1) is 12.2 Å². The van der Waals surface area contributed by atoms with Crippen LogP contribution in [-0.2, 0) is 17.7 Å². The first kappa shape index (κ1) is 17.5. The summed E-state index contributed by atoms with van der Waals surface area (Å²) in [5.41, 5.74) is 1.95. The fourth-order valence-corrected chi connectivity index (χ4v) is 3.03. The number of nitrogens with zero attached hydrogens (tertiary/aromatic N) is 4. The Labute approximate surface area is 156 Å². The molecule has 3 aromatic heterocycles. The molecule has 0 saturated carbocycles. The quantitative estimate of drug-likeness (QED) is 0.555. The Hall–Kier alpha value is -2.94. The Morgan fingerprint density at radius 2 is 2.26 bits per heavy atom. The molecule has 0 amide bonds. The summed E-state index contributed by atoms with van der Waals surface area (Å²) >= 11 is 0. The number of nitrogens with one attached hydrogen (secondary N) is 3. The average molecular weight is 369 g/mol. The fraction of sp³-hybridized carbons (Fsp3) is 0.444. The second-order valence-electron chi connectivity index (χ2n) is 6.73. The Morgan fingerprint density at radius 3 is 3.07 bits per heavy atom. The number of hydrogen-bond acceptors (Lipinski definition) is 8. The first-order valence-corrected chi connectivity index (χ1v) is 9.13. The van der Waals surface area contributed by atoms with Crippen molar-refractivity contribution < 1.29 is 9.26 Å². The standard InChI is InChI=1S/C18H23N7O2/c1-12-8-15(27-25-12)10-20-18-19-6-4-16(22-18)21-17-9-14(23-24-17)3-2-13-5-7-26-11-13/h4,6,8-9,13H,2-3,5,7,10-11H2,1H3,(H3,19,20,21,22,23,24). The molecule has 1 aliphatic rings. The largest absolute Gasteiger partial charge is 0.381 e. The topological polar surface area (TPSA) is 114 Å². The van der Waals surface area contributed by atoms with Crippen LogP contribution in [-0.4, -0.2) is 38.5 Å². The highest BCUT2D eigenvalue weighted by Crippen LogP contribution is 2.20. The van der Waals surface area contributed by atoms with Crippen molar-refractivity contribution >= 4 is 17.6 Å². The van der Waals surface area contributed by atoms with Gasteiger partial charge in [0.15, 0.2) is 11.6 Å². The summed E-state index contributed by atoms with van der Waals surface area (Å²) in [5, 5.41) is 17.6. The molecule has 0 radical (unpaired) electrons. The van der Waals surface area contributed by atoms with E-state index in [4.69, 9.17) is 9.26 Å². The van der Waals surface area contributed by atoms with E-state index in [9.17, 15) is 0 Å². The number of aryl methyl sites for hydroxylation is 2. The second kappa shape index (κ2) is 8.17. The summed E-state index contributed by atoms with van der Waals surface area (Å²) in [7, 11) is 0. The van der Waals surface area contributed by atoms with E-state index in [1.807, 2.05) is 19.1 Å². The van der Waals surface area contributed by atoms with E-state index in [1.54, 1.807) is 12.3 Å². The molecule has 4 heterocycles. The molecule has 9 heteroatoms. The summed E-state index contributed by atoms with van der Waals surface area (Å²) < 4.78 is 10.6. The van der Waals surface area contributed by atoms with Crippen LogP contribution in [0.5, 0.6) is 0 Å². The van der Waals surface area contributed by atoms with Crippen molar-refractivity contribution in [1.29, 1.82) is 0 Å². The van der Waals surface area contributed by atoms with Gasteiger partial charge in [-0.05, 0) is 38.2 Å². The van der Waals surface area contributed by atoms with Crippen molar-refractivity contribution in [2.75, 3.05) is 23.8 Å². The lowest BCUT2D eigenvalue weighted by atomic mass is 10.0. The Balaban J connectivity index is 1.31. The molecular weight excluding hydrogens is 346 g/mol. The van der Waals surface area contributed by atoms with Crippen molar-refractivity contribution in [1.82, 2.24) is 25.3 Å².